The molecular formula is C28H62O3P2+2. The van der Waals surface area contributed by atoms with Gasteiger partial charge in [-0.25, -0.2) is 0 Å². The zero-order valence-electron chi connectivity index (χ0n) is 23.7. The van der Waals surface area contributed by atoms with Gasteiger partial charge >= 0.3 is 8.25 Å². The molecule has 33 heavy (non-hydrogen) atoms. The Balaban J connectivity index is 0. The summed E-state index contributed by atoms with van der Waals surface area (Å²) in [6.07, 6.45) is 32.9. The lowest BCUT2D eigenvalue weighted by atomic mass is 10.1. The monoisotopic (exact) mass is 508 g/mol. The molecule has 0 heterocycles. The highest BCUT2D eigenvalue weighted by atomic mass is 31.2. The van der Waals surface area contributed by atoms with Gasteiger partial charge in [0.15, 0.2) is 0 Å². The summed E-state index contributed by atoms with van der Waals surface area (Å²) in [7, 11) is 0.173. The Morgan fingerprint density at radius 2 is 0.758 bits per heavy atom. The number of rotatable bonds is 24. The van der Waals surface area contributed by atoms with E-state index in [4.69, 9.17) is 0 Å². The third kappa shape index (κ3) is 25.4. The molecule has 200 valence electrons. The second kappa shape index (κ2) is 28.7. The Morgan fingerprint density at radius 1 is 0.485 bits per heavy atom. The van der Waals surface area contributed by atoms with E-state index in [1.165, 1.54) is 136 Å². The van der Waals surface area contributed by atoms with Gasteiger partial charge in [-0.3, -0.25) is 0 Å². The lowest BCUT2D eigenvalue weighted by Gasteiger charge is -2.27. The summed E-state index contributed by atoms with van der Waals surface area (Å²) < 4.78 is 18.3. The molecule has 0 bridgehead atoms. The van der Waals surface area contributed by atoms with Crippen LogP contribution in [-0.4, -0.2) is 38.9 Å². The fraction of sp³-hybridized carbons (Fsp3) is 1.00. The van der Waals surface area contributed by atoms with Crippen LogP contribution in [0.1, 0.15) is 143 Å². The van der Waals surface area contributed by atoms with Gasteiger partial charge in [0, 0.05) is 11.8 Å². The minimum atomic E-state index is -1.83. The molecule has 0 aromatic heterocycles. The van der Waals surface area contributed by atoms with E-state index >= 15 is 0 Å². The summed E-state index contributed by atoms with van der Waals surface area (Å²) in [5.74, 6) is 0. The highest BCUT2D eigenvalue weighted by molar-refractivity contribution is 7.75. The Hall–Kier alpha value is 0.450. The first-order valence-corrected chi connectivity index (χ1v) is 18.1. The largest absolute Gasteiger partial charge is 0.696 e. The number of hydrogen-bond acceptors (Lipinski definition) is 3. The molecular weight excluding hydrogens is 446 g/mol. The van der Waals surface area contributed by atoms with Crippen molar-refractivity contribution in [2.75, 3.05) is 38.9 Å². The van der Waals surface area contributed by atoms with Crippen LogP contribution in [0.5, 0.6) is 0 Å². The van der Waals surface area contributed by atoms with Gasteiger partial charge in [0.1, 0.15) is 0 Å². The fourth-order valence-electron chi connectivity index (χ4n) is 4.57. The van der Waals surface area contributed by atoms with Gasteiger partial charge < -0.3 is 0 Å². The predicted octanol–water partition coefficient (Wildman–Crippen LogP) is 11.0. The zero-order chi connectivity index (χ0) is 25.0. The van der Waals surface area contributed by atoms with Crippen LogP contribution in [0.25, 0.3) is 0 Å². The molecule has 0 spiro atoms. The van der Waals surface area contributed by atoms with Crippen LogP contribution >= 0.6 is 15.5 Å². The molecule has 0 radical (unpaired) electrons. The Kier molecular flexibility index (Phi) is 31.0. The molecule has 0 fully saturated rings. The highest BCUT2D eigenvalue weighted by Crippen LogP contribution is 2.60. The summed E-state index contributed by atoms with van der Waals surface area (Å²) in [5.41, 5.74) is 0. The fourth-order valence-corrected chi connectivity index (χ4v) is 9.02. The smallest absolute Gasteiger partial charge is 0.122 e. The average molecular weight is 509 g/mol. The standard InChI is InChI=1S/C26H56P.C2H6O3P/c1-5-9-12-15-18-21-24-27(8-4,25-22-19-16-13-10-6-2)26-23-20-17-14-11-7-3;1-4-6(3)5-2/h5-26H2,1-4H3;1-2H3/q2*+1. The Labute approximate surface area is 211 Å². The van der Waals surface area contributed by atoms with Crippen molar-refractivity contribution in [2.45, 2.75) is 143 Å². The van der Waals surface area contributed by atoms with Gasteiger partial charge in [0.2, 0.25) is 0 Å². The van der Waals surface area contributed by atoms with E-state index in [1.807, 2.05) is 0 Å². The van der Waals surface area contributed by atoms with Crippen LogP contribution in [0.3, 0.4) is 0 Å². The van der Waals surface area contributed by atoms with Crippen LogP contribution in [0.2, 0.25) is 0 Å². The molecule has 0 atom stereocenters. The van der Waals surface area contributed by atoms with E-state index < -0.39 is 15.5 Å². The van der Waals surface area contributed by atoms with Gasteiger partial charge in [-0.15, -0.1) is 9.05 Å². The molecule has 0 aliphatic carbocycles. The van der Waals surface area contributed by atoms with E-state index in [2.05, 4.69) is 36.7 Å². The SMILES string of the molecule is CCCCCCCC[P+](CC)(CCCCCCCC)CCCCCCCC.CO[P+](=O)OC. The van der Waals surface area contributed by atoms with E-state index in [9.17, 15) is 4.57 Å². The van der Waals surface area contributed by atoms with Crippen molar-refractivity contribution in [1.82, 2.24) is 0 Å². The van der Waals surface area contributed by atoms with Gasteiger partial charge in [-0.2, -0.15) is 0 Å². The Bertz CT molecular complexity index is 345. The number of hydrogen-bond donors (Lipinski definition) is 0. The molecule has 0 amide bonds. The number of unbranched alkanes of at least 4 members (excludes halogenated alkanes) is 15. The molecule has 0 unspecified atom stereocenters. The van der Waals surface area contributed by atoms with Crippen molar-refractivity contribution in [3.8, 4) is 0 Å². The van der Waals surface area contributed by atoms with Crippen molar-refractivity contribution < 1.29 is 13.6 Å². The van der Waals surface area contributed by atoms with Gasteiger partial charge in [0.05, 0.1) is 38.9 Å². The lowest BCUT2D eigenvalue weighted by Crippen LogP contribution is -2.11. The molecule has 0 saturated carbocycles. The summed E-state index contributed by atoms with van der Waals surface area (Å²) in [5, 5.41) is 0. The molecule has 3 nitrogen and oxygen atoms in total. The van der Waals surface area contributed by atoms with Crippen molar-refractivity contribution in [2.24, 2.45) is 0 Å². The molecule has 0 aliphatic rings. The maximum absolute atomic E-state index is 9.88. The highest BCUT2D eigenvalue weighted by Gasteiger charge is 2.33. The molecule has 0 rings (SSSR count). The van der Waals surface area contributed by atoms with Crippen LogP contribution in [-0.2, 0) is 13.6 Å². The average Bonchev–Trinajstić information content (AvgIpc) is 2.84. The Morgan fingerprint density at radius 3 is 0.970 bits per heavy atom. The summed E-state index contributed by atoms with van der Waals surface area (Å²) in [6.45, 7) is 9.52. The molecule has 0 aliphatic heterocycles. The van der Waals surface area contributed by atoms with Crippen molar-refractivity contribution >= 4 is 15.5 Å². The van der Waals surface area contributed by atoms with Crippen LogP contribution in [0.4, 0.5) is 0 Å². The second-order valence-electron chi connectivity index (χ2n) is 9.72. The zero-order valence-corrected chi connectivity index (χ0v) is 25.5. The van der Waals surface area contributed by atoms with E-state index in [0.29, 0.717) is 0 Å². The summed E-state index contributed by atoms with van der Waals surface area (Å²) >= 11 is 0. The normalized spacial score (nSPS) is 11.3. The third-order valence-electron chi connectivity index (χ3n) is 6.93. The maximum Gasteiger partial charge on any atom is 0.696 e. The van der Waals surface area contributed by atoms with Crippen molar-refractivity contribution in [3.63, 3.8) is 0 Å². The minimum Gasteiger partial charge on any atom is -0.122 e. The van der Waals surface area contributed by atoms with Gasteiger partial charge in [-0.1, -0.05) is 97.8 Å². The van der Waals surface area contributed by atoms with Crippen molar-refractivity contribution in [3.05, 3.63) is 0 Å². The lowest BCUT2D eigenvalue weighted by molar-refractivity contribution is 0.302. The second-order valence-corrected chi connectivity index (χ2v) is 15.6. The molecule has 0 saturated heterocycles. The van der Waals surface area contributed by atoms with Crippen LogP contribution < -0.4 is 0 Å². The topological polar surface area (TPSA) is 35.5 Å². The van der Waals surface area contributed by atoms with Crippen molar-refractivity contribution in [1.29, 1.82) is 0 Å². The molecule has 5 heteroatoms. The maximum atomic E-state index is 9.88. The molecule has 0 aromatic carbocycles. The van der Waals surface area contributed by atoms with E-state index in [1.54, 1.807) is 18.5 Å². The van der Waals surface area contributed by atoms with Gasteiger partial charge in [0.25, 0.3) is 0 Å². The molecule has 0 aromatic rings. The summed E-state index contributed by atoms with van der Waals surface area (Å²) in [6, 6.07) is 0. The van der Waals surface area contributed by atoms with E-state index in [-0.39, 0.29) is 0 Å². The summed E-state index contributed by atoms with van der Waals surface area (Å²) in [4.78, 5) is 0. The third-order valence-corrected chi connectivity index (χ3v) is 12.7. The minimum absolute atomic E-state index is 0.644. The first kappa shape index (κ1) is 35.6. The van der Waals surface area contributed by atoms with Crippen LogP contribution in [0, 0.1) is 0 Å². The first-order chi connectivity index (χ1) is 16.1. The predicted molar refractivity (Wildman–Crippen MR) is 154 cm³/mol. The van der Waals surface area contributed by atoms with Gasteiger partial charge in [-0.05, 0) is 45.4 Å². The first-order valence-electron chi connectivity index (χ1n) is 14.5. The molecule has 0 N–H and O–H groups in total. The van der Waals surface area contributed by atoms with Crippen LogP contribution in [0.15, 0.2) is 0 Å². The van der Waals surface area contributed by atoms with E-state index in [0.717, 1.165) is 0 Å². The quantitative estimate of drug-likeness (QED) is 0.0960.